The summed E-state index contributed by atoms with van der Waals surface area (Å²) in [5.41, 5.74) is -1.32. The number of esters is 1. The van der Waals surface area contributed by atoms with E-state index in [9.17, 15) is 24.6 Å². The minimum absolute atomic E-state index is 0.0444. The Hall–Kier alpha value is -1.89. The van der Waals surface area contributed by atoms with Crippen LogP contribution in [0.4, 0.5) is 0 Å². The average molecular weight is 670 g/mol. The van der Waals surface area contributed by atoms with E-state index >= 15 is 0 Å². The standard InChI is InChI=1S/C41H67NO6/c1-25(2)26-13-20-41(32(44)42-24-35(5,6)47)22-21-37(9)27(31(26)41)14-18-40(12)38(10)17-16-29(48-30(43)23-34(3,4)33(45)46)36(7,8)28(38)15-19-39(37,40)11/h26-29,31,47H,1,13-24H2,2-12H3,(H,42,44)(H,45,46)/t26-,27+,28-,29-,31+,37+,38-,39-,40+,41-/m0/s1. The van der Waals surface area contributed by atoms with E-state index in [0.717, 1.165) is 64.2 Å². The molecule has 7 nitrogen and oxygen atoms in total. The van der Waals surface area contributed by atoms with Gasteiger partial charge in [-0.3, -0.25) is 14.4 Å². The zero-order valence-electron chi connectivity index (χ0n) is 32.1. The monoisotopic (exact) mass is 669 g/mol. The van der Waals surface area contributed by atoms with Gasteiger partial charge in [-0.05, 0) is 144 Å². The molecule has 0 aromatic carbocycles. The van der Waals surface area contributed by atoms with Gasteiger partial charge in [0.15, 0.2) is 0 Å². The maximum atomic E-state index is 14.2. The van der Waals surface area contributed by atoms with Crippen LogP contribution in [0.25, 0.3) is 0 Å². The molecule has 5 aliphatic rings. The zero-order chi connectivity index (χ0) is 36.1. The summed E-state index contributed by atoms with van der Waals surface area (Å²) >= 11 is 0. The van der Waals surface area contributed by atoms with E-state index in [2.05, 4.69) is 60.4 Å². The quantitative estimate of drug-likeness (QED) is 0.177. The summed E-state index contributed by atoms with van der Waals surface area (Å²) in [6.45, 7) is 28.4. The Bertz CT molecular complexity index is 1340. The molecule has 0 bridgehead atoms. The molecule has 0 aromatic rings. The average Bonchev–Trinajstić information content (AvgIpc) is 3.36. The Kier molecular flexibility index (Phi) is 9.00. The first-order valence-corrected chi connectivity index (χ1v) is 18.9. The van der Waals surface area contributed by atoms with Crippen LogP contribution < -0.4 is 5.32 Å². The molecular weight excluding hydrogens is 602 g/mol. The Morgan fingerprint density at radius 2 is 1.44 bits per heavy atom. The van der Waals surface area contributed by atoms with E-state index < -0.39 is 28.4 Å². The third kappa shape index (κ3) is 5.24. The van der Waals surface area contributed by atoms with Crippen molar-refractivity contribution in [3.05, 3.63) is 12.2 Å². The van der Waals surface area contributed by atoms with Crippen molar-refractivity contribution in [2.45, 2.75) is 158 Å². The number of rotatable bonds is 8. The molecule has 3 N–H and O–H groups in total. The van der Waals surface area contributed by atoms with Gasteiger partial charge in [0.2, 0.25) is 5.91 Å². The lowest BCUT2D eigenvalue weighted by Gasteiger charge is -2.77. The van der Waals surface area contributed by atoms with Gasteiger partial charge in [0.05, 0.1) is 22.9 Å². The van der Waals surface area contributed by atoms with E-state index in [1.54, 1.807) is 27.7 Å². The number of carbonyl (C=O) groups excluding carboxylic acids is 2. The predicted molar refractivity (Wildman–Crippen MR) is 189 cm³/mol. The number of ether oxygens (including phenoxy) is 1. The highest BCUT2D eigenvalue weighted by Gasteiger charge is 2.75. The number of nitrogens with one attached hydrogen (secondary N) is 1. The van der Waals surface area contributed by atoms with Gasteiger partial charge in [0, 0.05) is 12.0 Å². The number of hydrogen-bond acceptors (Lipinski definition) is 5. The van der Waals surface area contributed by atoms with Crippen molar-refractivity contribution < 1.29 is 29.3 Å². The first-order valence-electron chi connectivity index (χ1n) is 18.9. The van der Waals surface area contributed by atoms with Gasteiger partial charge in [-0.2, -0.15) is 0 Å². The summed E-state index contributed by atoms with van der Waals surface area (Å²) in [5.74, 6) is 0.111. The van der Waals surface area contributed by atoms with Crippen LogP contribution in [0.3, 0.4) is 0 Å². The predicted octanol–water partition coefficient (Wildman–Crippen LogP) is 8.33. The fourth-order valence-electron chi connectivity index (χ4n) is 13.2. The number of carboxylic acids is 1. The summed E-state index contributed by atoms with van der Waals surface area (Å²) in [5, 5.41) is 23.3. The van der Waals surface area contributed by atoms with E-state index in [1.807, 2.05) is 0 Å². The summed E-state index contributed by atoms with van der Waals surface area (Å²) in [7, 11) is 0. The largest absolute Gasteiger partial charge is 0.481 e. The topological polar surface area (TPSA) is 113 Å². The first kappa shape index (κ1) is 37.4. The molecule has 5 aliphatic carbocycles. The molecule has 1 amide bonds. The van der Waals surface area contributed by atoms with Crippen LogP contribution >= 0.6 is 0 Å². The van der Waals surface area contributed by atoms with Crippen molar-refractivity contribution in [2.75, 3.05) is 6.54 Å². The van der Waals surface area contributed by atoms with Gasteiger partial charge in [-0.15, -0.1) is 0 Å². The van der Waals surface area contributed by atoms with E-state index in [0.29, 0.717) is 17.8 Å². The molecule has 0 aromatic heterocycles. The Morgan fingerprint density at radius 1 is 0.833 bits per heavy atom. The zero-order valence-corrected chi connectivity index (χ0v) is 32.1. The van der Waals surface area contributed by atoms with Crippen molar-refractivity contribution >= 4 is 17.8 Å². The normalized spacial score (nSPS) is 43.5. The SMILES string of the molecule is C=C(C)[C@@H]1CC[C@]2(C(=O)NCC(C)(C)O)CC[C@]3(C)[C@H](CC[C@@]4(C)[C@@]3(C)CC[C@H]3C(C)(C)[C@@H](OC(=O)CC(C)(C)C(=O)O)CC[C@@]34C)[C@@H]12. The number of fused-ring (bicyclic) bond motifs is 7. The van der Waals surface area contributed by atoms with Gasteiger partial charge in [0.25, 0.3) is 0 Å². The molecule has 5 rings (SSSR count). The minimum atomic E-state index is -1.16. The van der Waals surface area contributed by atoms with E-state index in [1.165, 1.54) is 5.57 Å². The van der Waals surface area contributed by atoms with E-state index in [4.69, 9.17) is 4.74 Å². The van der Waals surface area contributed by atoms with Crippen molar-refractivity contribution in [3.8, 4) is 0 Å². The third-order valence-electron chi connectivity index (χ3n) is 16.6. The van der Waals surface area contributed by atoms with Crippen molar-refractivity contribution in [3.63, 3.8) is 0 Å². The van der Waals surface area contributed by atoms with Crippen LogP contribution in [0.15, 0.2) is 12.2 Å². The molecule has 0 saturated heterocycles. The lowest BCUT2D eigenvalue weighted by Crippen LogP contribution is -2.71. The Balaban J connectivity index is 1.46. The lowest BCUT2D eigenvalue weighted by atomic mass is 9.27. The number of carboxylic acid groups (broad SMARTS) is 1. The molecule has 10 atom stereocenters. The number of allylic oxidation sites excluding steroid dienone is 1. The molecule has 0 spiro atoms. The molecule has 5 saturated carbocycles. The Labute approximate surface area is 290 Å². The molecule has 5 fully saturated rings. The van der Waals surface area contributed by atoms with Crippen LogP contribution in [0.5, 0.6) is 0 Å². The molecule has 0 heterocycles. The lowest BCUT2D eigenvalue weighted by molar-refractivity contribution is -0.291. The highest BCUT2D eigenvalue weighted by Crippen LogP contribution is 2.81. The van der Waals surface area contributed by atoms with Crippen LogP contribution in [-0.2, 0) is 19.1 Å². The van der Waals surface area contributed by atoms with Gasteiger partial charge < -0.3 is 20.3 Å². The summed E-state index contributed by atoms with van der Waals surface area (Å²) < 4.78 is 6.18. The molecule has 48 heavy (non-hydrogen) atoms. The fourth-order valence-corrected chi connectivity index (χ4v) is 13.2. The minimum Gasteiger partial charge on any atom is -0.481 e. The van der Waals surface area contributed by atoms with Crippen molar-refractivity contribution in [1.82, 2.24) is 5.32 Å². The molecule has 7 heteroatoms. The molecule has 272 valence electrons. The van der Waals surface area contributed by atoms with Crippen LogP contribution in [-0.4, -0.2) is 46.3 Å². The second kappa shape index (κ2) is 11.6. The fraction of sp³-hybridized carbons (Fsp3) is 0.878. The Morgan fingerprint density at radius 3 is 2.02 bits per heavy atom. The molecule has 0 unspecified atom stereocenters. The van der Waals surface area contributed by atoms with Gasteiger partial charge in [-0.1, -0.05) is 53.7 Å². The summed E-state index contributed by atoms with van der Waals surface area (Å²) in [4.78, 5) is 39.0. The first-order chi connectivity index (χ1) is 21.8. The number of aliphatic hydroxyl groups is 1. The molecule has 0 aliphatic heterocycles. The van der Waals surface area contributed by atoms with Crippen LogP contribution in [0.1, 0.15) is 147 Å². The van der Waals surface area contributed by atoms with Gasteiger partial charge in [-0.25, -0.2) is 0 Å². The van der Waals surface area contributed by atoms with E-state index in [-0.39, 0.29) is 58.0 Å². The van der Waals surface area contributed by atoms with Crippen molar-refractivity contribution in [2.24, 2.45) is 61.6 Å². The van der Waals surface area contributed by atoms with Gasteiger partial charge >= 0.3 is 11.9 Å². The third-order valence-corrected chi connectivity index (χ3v) is 16.6. The molecular formula is C41H67NO6. The second-order valence-corrected chi connectivity index (χ2v) is 20.1. The second-order valence-electron chi connectivity index (χ2n) is 20.1. The highest BCUT2D eigenvalue weighted by molar-refractivity contribution is 5.84. The maximum absolute atomic E-state index is 14.2. The van der Waals surface area contributed by atoms with Crippen LogP contribution in [0, 0.1) is 61.6 Å². The summed E-state index contributed by atoms with van der Waals surface area (Å²) in [6.07, 6.45) is 9.61. The highest BCUT2D eigenvalue weighted by atomic mass is 16.5. The van der Waals surface area contributed by atoms with Crippen LogP contribution in [0.2, 0.25) is 0 Å². The number of carbonyl (C=O) groups is 3. The maximum Gasteiger partial charge on any atom is 0.309 e. The smallest absolute Gasteiger partial charge is 0.309 e. The number of hydrogen-bond donors (Lipinski definition) is 3. The summed E-state index contributed by atoms with van der Waals surface area (Å²) in [6, 6.07) is 0. The molecule has 0 radical (unpaired) electrons. The number of amides is 1. The van der Waals surface area contributed by atoms with Crippen molar-refractivity contribution in [1.29, 1.82) is 0 Å². The van der Waals surface area contributed by atoms with Gasteiger partial charge in [0.1, 0.15) is 6.10 Å². The number of aliphatic carboxylic acids is 1.